The third kappa shape index (κ3) is 3.76. The smallest absolute Gasteiger partial charge is 0.272 e. The maximum atomic E-state index is 12.7. The Morgan fingerprint density at radius 3 is 2.54 bits per heavy atom. The molecule has 0 saturated carbocycles. The Bertz CT molecular complexity index is 795. The molecule has 7 nitrogen and oxygen atoms in total. The average Bonchev–Trinajstić information content (AvgIpc) is 2.83. The Kier molecular flexibility index (Phi) is 5.35. The summed E-state index contributed by atoms with van der Waals surface area (Å²) in [7, 11) is 0. The van der Waals surface area contributed by atoms with Crippen molar-refractivity contribution in [3.8, 4) is 0 Å². The van der Waals surface area contributed by atoms with Gasteiger partial charge in [-0.15, -0.1) is 0 Å². The van der Waals surface area contributed by atoms with E-state index in [2.05, 4.69) is 10.1 Å². The highest BCUT2D eigenvalue weighted by Gasteiger charge is 2.25. The molecule has 138 valence electrons. The summed E-state index contributed by atoms with van der Waals surface area (Å²) in [5.74, 6) is 0.666. The summed E-state index contributed by atoms with van der Waals surface area (Å²) in [6.45, 7) is 7.87. The van der Waals surface area contributed by atoms with Crippen molar-refractivity contribution in [2.24, 2.45) is 0 Å². The van der Waals surface area contributed by atoms with Crippen LogP contribution >= 0.6 is 0 Å². The quantitative estimate of drug-likeness (QED) is 0.839. The lowest BCUT2D eigenvalue weighted by Crippen LogP contribution is -2.38. The predicted molar refractivity (Wildman–Crippen MR) is 95.8 cm³/mol. The zero-order valence-electron chi connectivity index (χ0n) is 15.5. The van der Waals surface area contributed by atoms with Crippen molar-refractivity contribution in [3.05, 3.63) is 46.6 Å². The van der Waals surface area contributed by atoms with E-state index in [0.717, 1.165) is 23.2 Å². The van der Waals surface area contributed by atoms with Gasteiger partial charge in [0, 0.05) is 37.9 Å². The highest BCUT2D eigenvalue weighted by molar-refractivity contribution is 5.93. The number of aromatic nitrogens is 2. The second-order valence-electron chi connectivity index (χ2n) is 6.67. The van der Waals surface area contributed by atoms with E-state index in [1.807, 2.05) is 37.8 Å². The Morgan fingerprint density at radius 2 is 1.85 bits per heavy atom. The number of carbonyl (C=O) groups excluding carboxylic acids is 2. The normalized spacial score (nSPS) is 15.0. The summed E-state index contributed by atoms with van der Waals surface area (Å²) in [5.41, 5.74) is 2.97. The van der Waals surface area contributed by atoms with Crippen LogP contribution < -0.4 is 0 Å². The largest absolute Gasteiger partial charge is 0.361 e. The van der Waals surface area contributed by atoms with Crippen molar-refractivity contribution in [2.45, 2.75) is 33.6 Å². The van der Waals surface area contributed by atoms with Crippen molar-refractivity contribution in [1.82, 2.24) is 19.9 Å². The van der Waals surface area contributed by atoms with E-state index >= 15 is 0 Å². The van der Waals surface area contributed by atoms with Gasteiger partial charge < -0.3 is 14.3 Å². The van der Waals surface area contributed by atoms with Gasteiger partial charge >= 0.3 is 0 Å². The summed E-state index contributed by atoms with van der Waals surface area (Å²) in [4.78, 5) is 33.2. The lowest BCUT2D eigenvalue weighted by Gasteiger charge is -2.22. The molecule has 2 aromatic rings. The average molecular weight is 356 g/mol. The van der Waals surface area contributed by atoms with E-state index in [-0.39, 0.29) is 18.2 Å². The van der Waals surface area contributed by atoms with Crippen LogP contribution in [-0.4, -0.2) is 57.9 Å². The molecule has 1 fully saturated rings. The van der Waals surface area contributed by atoms with Gasteiger partial charge in [0.1, 0.15) is 11.5 Å². The molecule has 2 amide bonds. The summed E-state index contributed by atoms with van der Waals surface area (Å²) >= 11 is 0. The topological polar surface area (TPSA) is 79.5 Å². The van der Waals surface area contributed by atoms with Gasteiger partial charge in [0.15, 0.2) is 0 Å². The molecular formula is C19H24N4O3. The molecule has 0 aromatic carbocycles. The van der Waals surface area contributed by atoms with Crippen molar-refractivity contribution in [2.75, 3.05) is 26.2 Å². The zero-order chi connectivity index (χ0) is 18.7. The molecule has 2 aromatic heterocycles. The summed E-state index contributed by atoms with van der Waals surface area (Å²) in [6.07, 6.45) is 2.68. The van der Waals surface area contributed by atoms with Crippen molar-refractivity contribution in [1.29, 1.82) is 0 Å². The van der Waals surface area contributed by atoms with Gasteiger partial charge in [0.05, 0.1) is 12.1 Å². The predicted octanol–water partition coefficient (Wildman–Crippen LogP) is 1.91. The highest BCUT2D eigenvalue weighted by atomic mass is 16.5. The third-order valence-electron chi connectivity index (χ3n) is 4.86. The number of carbonyl (C=O) groups is 2. The molecule has 1 aliphatic rings. The number of aryl methyl sites for hydroxylation is 3. The van der Waals surface area contributed by atoms with Crippen molar-refractivity contribution >= 4 is 11.8 Å². The Hall–Kier alpha value is -2.70. The summed E-state index contributed by atoms with van der Waals surface area (Å²) in [6, 6.07) is 3.71. The molecule has 3 rings (SSSR count). The minimum Gasteiger partial charge on any atom is -0.361 e. The number of nitrogens with zero attached hydrogens (tertiary/aromatic N) is 4. The van der Waals surface area contributed by atoms with Gasteiger partial charge in [0.25, 0.3) is 5.91 Å². The van der Waals surface area contributed by atoms with E-state index in [0.29, 0.717) is 37.6 Å². The molecule has 0 unspecified atom stereocenters. The third-order valence-corrected chi connectivity index (χ3v) is 4.86. The van der Waals surface area contributed by atoms with Gasteiger partial charge in [0.2, 0.25) is 5.91 Å². The maximum absolute atomic E-state index is 12.7. The molecule has 0 aliphatic carbocycles. The van der Waals surface area contributed by atoms with Gasteiger partial charge in [-0.1, -0.05) is 11.2 Å². The molecule has 0 bridgehead atoms. The van der Waals surface area contributed by atoms with E-state index in [1.165, 1.54) is 0 Å². The van der Waals surface area contributed by atoms with Gasteiger partial charge in [-0.3, -0.25) is 14.6 Å². The second kappa shape index (κ2) is 7.68. The first kappa shape index (κ1) is 18.1. The molecular weight excluding hydrogens is 332 g/mol. The first-order chi connectivity index (χ1) is 12.5. The van der Waals surface area contributed by atoms with Crippen LogP contribution in [0.2, 0.25) is 0 Å². The molecule has 0 spiro atoms. The molecule has 7 heteroatoms. The van der Waals surface area contributed by atoms with Crippen LogP contribution in [0.25, 0.3) is 0 Å². The first-order valence-electron chi connectivity index (χ1n) is 8.87. The minimum atomic E-state index is -0.0666. The molecule has 26 heavy (non-hydrogen) atoms. The monoisotopic (exact) mass is 356 g/mol. The van der Waals surface area contributed by atoms with Crippen LogP contribution in [-0.2, 0) is 11.2 Å². The highest BCUT2D eigenvalue weighted by Crippen LogP contribution is 2.16. The van der Waals surface area contributed by atoms with Crippen LogP contribution in [0.1, 0.15) is 39.5 Å². The summed E-state index contributed by atoms with van der Waals surface area (Å²) < 4.78 is 5.14. The van der Waals surface area contributed by atoms with Gasteiger partial charge in [-0.2, -0.15) is 0 Å². The van der Waals surface area contributed by atoms with Crippen molar-refractivity contribution < 1.29 is 14.1 Å². The van der Waals surface area contributed by atoms with E-state index < -0.39 is 0 Å². The molecule has 1 saturated heterocycles. The lowest BCUT2D eigenvalue weighted by atomic mass is 10.1. The Balaban J connectivity index is 1.64. The first-order valence-corrected chi connectivity index (χ1v) is 8.87. The zero-order valence-corrected chi connectivity index (χ0v) is 15.5. The molecule has 0 radical (unpaired) electrons. The molecule has 1 aliphatic heterocycles. The van der Waals surface area contributed by atoms with E-state index in [9.17, 15) is 9.59 Å². The fraction of sp³-hybridized carbons (Fsp3) is 0.474. The van der Waals surface area contributed by atoms with Crippen molar-refractivity contribution in [3.63, 3.8) is 0 Å². The fourth-order valence-corrected chi connectivity index (χ4v) is 3.25. The van der Waals surface area contributed by atoms with Crippen LogP contribution in [0.15, 0.2) is 22.9 Å². The number of pyridine rings is 1. The van der Waals surface area contributed by atoms with Crippen LogP contribution in [0.3, 0.4) is 0 Å². The van der Waals surface area contributed by atoms with E-state index in [1.54, 1.807) is 11.1 Å². The lowest BCUT2D eigenvalue weighted by molar-refractivity contribution is -0.130. The van der Waals surface area contributed by atoms with Crippen LogP contribution in [0, 0.1) is 20.8 Å². The number of rotatable bonds is 3. The maximum Gasteiger partial charge on any atom is 0.272 e. The molecule has 0 atom stereocenters. The molecule has 3 heterocycles. The Labute approximate surface area is 153 Å². The van der Waals surface area contributed by atoms with Crippen LogP contribution in [0.5, 0.6) is 0 Å². The Morgan fingerprint density at radius 1 is 1.12 bits per heavy atom. The fourth-order valence-electron chi connectivity index (χ4n) is 3.25. The number of hydrogen-bond donors (Lipinski definition) is 0. The van der Waals surface area contributed by atoms with Gasteiger partial charge in [-0.25, -0.2) is 0 Å². The number of amides is 2. The second-order valence-corrected chi connectivity index (χ2v) is 6.67. The van der Waals surface area contributed by atoms with Gasteiger partial charge in [-0.05, 0) is 38.8 Å². The molecule has 0 N–H and O–H groups in total. The summed E-state index contributed by atoms with van der Waals surface area (Å²) in [5, 5.41) is 3.90. The minimum absolute atomic E-state index is 0.0442. The number of hydrogen-bond acceptors (Lipinski definition) is 5. The van der Waals surface area contributed by atoms with E-state index in [4.69, 9.17) is 4.52 Å². The SMILES string of the molecule is Cc1cccnc1C(=O)N1CCCN(C(=O)Cc2c(C)noc2C)CC1. The van der Waals surface area contributed by atoms with Crippen LogP contribution in [0.4, 0.5) is 0 Å². The standard InChI is InChI=1S/C19H24N4O3/c1-13-6-4-7-20-18(13)19(25)23-9-5-8-22(10-11-23)17(24)12-16-14(2)21-26-15(16)3/h4,6-7H,5,8-12H2,1-3H3.